The van der Waals surface area contributed by atoms with Gasteiger partial charge in [0, 0.05) is 23.8 Å². The molecule has 0 aromatic carbocycles. The summed E-state index contributed by atoms with van der Waals surface area (Å²) in [6.45, 7) is 4.09. The topological polar surface area (TPSA) is 33.2 Å². The van der Waals surface area contributed by atoms with E-state index in [4.69, 9.17) is 0 Å². The molecule has 1 aliphatic rings. The van der Waals surface area contributed by atoms with Gasteiger partial charge in [0.05, 0.1) is 11.3 Å². The van der Waals surface area contributed by atoms with Gasteiger partial charge in [0.25, 0.3) is 5.91 Å². The molecule has 4 heteroatoms. The van der Waals surface area contributed by atoms with Gasteiger partial charge >= 0.3 is 0 Å². The van der Waals surface area contributed by atoms with Crippen LogP contribution in [0.5, 0.6) is 0 Å². The number of halogens is 1. The highest BCUT2D eigenvalue weighted by molar-refractivity contribution is 9.10. The molecular weight excluding hydrogens is 280 g/mol. The fourth-order valence-electron chi connectivity index (χ4n) is 2.26. The van der Waals surface area contributed by atoms with E-state index in [9.17, 15) is 4.79 Å². The lowest BCUT2D eigenvalue weighted by atomic mass is 9.81. The van der Waals surface area contributed by atoms with Crippen LogP contribution in [0.25, 0.3) is 0 Å². The largest absolute Gasteiger partial charge is 0.339 e. The summed E-state index contributed by atoms with van der Waals surface area (Å²) in [6, 6.07) is 2.25. The minimum atomic E-state index is 0.0770. The van der Waals surface area contributed by atoms with Crippen LogP contribution in [0.15, 0.2) is 16.7 Å². The third-order valence-corrected chi connectivity index (χ3v) is 3.93. The molecule has 0 N–H and O–H groups in total. The van der Waals surface area contributed by atoms with Crippen molar-refractivity contribution in [3.05, 3.63) is 28.0 Å². The summed E-state index contributed by atoms with van der Waals surface area (Å²) in [5, 5.41) is 0. The molecule has 0 bridgehead atoms. The van der Waals surface area contributed by atoms with Crippen LogP contribution in [0.4, 0.5) is 0 Å². The Balaban J connectivity index is 2.16. The van der Waals surface area contributed by atoms with Gasteiger partial charge in [0.1, 0.15) is 0 Å². The molecule has 2 rings (SSSR count). The molecule has 0 aliphatic heterocycles. The van der Waals surface area contributed by atoms with Crippen molar-refractivity contribution in [3.8, 4) is 0 Å². The Morgan fingerprint density at radius 2 is 2.18 bits per heavy atom. The van der Waals surface area contributed by atoms with Crippen molar-refractivity contribution in [1.29, 1.82) is 0 Å². The van der Waals surface area contributed by atoms with Gasteiger partial charge in [0.15, 0.2) is 0 Å². The SMILES string of the molecule is Cc1ncc(Br)cc1C(=O)N(C)C1CC(C)C1. The molecule has 1 fully saturated rings. The summed E-state index contributed by atoms with van der Waals surface area (Å²) in [7, 11) is 1.89. The van der Waals surface area contributed by atoms with Gasteiger partial charge in [-0.15, -0.1) is 0 Å². The number of aryl methyl sites for hydroxylation is 1. The van der Waals surface area contributed by atoms with Crippen LogP contribution >= 0.6 is 15.9 Å². The third kappa shape index (κ3) is 2.51. The molecular formula is C13H17BrN2O. The minimum Gasteiger partial charge on any atom is -0.339 e. The summed E-state index contributed by atoms with van der Waals surface area (Å²) in [6.07, 6.45) is 3.95. The summed E-state index contributed by atoms with van der Waals surface area (Å²) < 4.78 is 0.849. The molecule has 1 aliphatic carbocycles. The lowest BCUT2D eigenvalue weighted by molar-refractivity contribution is 0.0570. The molecule has 0 radical (unpaired) electrons. The number of amides is 1. The van der Waals surface area contributed by atoms with Crippen molar-refractivity contribution in [2.24, 2.45) is 5.92 Å². The number of pyridine rings is 1. The lowest BCUT2D eigenvalue weighted by Gasteiger charge is -2.39. The van der Waals surface area contributed by atoms with Crippen LogP contribution < -0.4 is 0 Å². The second kappa shape index (κ2) is 4.77. The Labute approximate surface area is 110 Å². The quantitative estimate of drug-likeness (QED) is 0.840. The Hall–Kier alpha value is -0.900. The molecule has 92 valence electrons. The van der Waals surface area contributed by atoms with E-state index in [-0.39, 0.29) is 5.91 Å². The van der Waals surface area contributed by atoms with Crippen molar-refractivity contribution in [3.63, 3.8) is 0 Å². The van der Waals surface area contributed by atoms with Gasteiger partial charge in [-0.2, -0.15) is 0 Å². The Kier molecular flexibility index (Phi) is 3.52. The number of carbonyl (C=O) groups is 1. The number of nitrogens with zero attached hydrogens (tertiary/aromatic N) is 2. The van der Waals surface area contributed by atoms with Gasteiger partial charge < -0.3 is 4.90 Å². The third-order valence-electron chi connectivity index (χ3n) is 3.50. The second-order valence-electron chi connectivity index (χ2n) is 4.93. The summed E-state index contributed by atoms with van der Waals surface area (Å²) >= 11 is 3.36. The standard InChI is InChI=1S/C13H17BrN2O/c1-8-4-11(5-8)16(3)13(17)12-6-10(14)7-15-9(12)2/h6-8,11H,4-5H2,1-3H3. The Morgan fingerprint density at radius 1 is 1.53 bits per heavy atom. The number of hydrogen-bond donors (Lipinski definition) is 0. The fourth-order valence-corrected chi connectivity index (χ4v) is 2.59. The molecule has 1 heterocycles. The lowest BCUT2D eigenvalue weighted by Crippen LogP contribution is -2.45. The number of aromatic nitrogens is 1. The van der Waals surface area contributed by atoms with Crippen LogP contribution in [-0.4, -0.2) is 28.9 Å². The highest BCUT2D eigenvalue weighted by Gasteiger charge is 2.32. The maximum absolute atomic E-state index is 12.3. The molecule has 0 spiro atoms. The fraction of sp³-hybridized carbons (Fsp3) is 0.538. The van der Waals surface area contributed by atoms with E-state index >= 15 is 0 Å². The normalized spacial score (nSPS) is 23.1. The molecule has 0 unspecified atom stereocenters. The molecule has 17 heavy (non-hydrogen) atoms. The van der Waals surface area contributed by atoms with Crippen molar-refractivity contribution in [2.45, 2.75) is 32.7 Å². The monoisotopic (exact) mass is 296 g/mol. The zero-order chi connectivity index (χ0) is 12.6. The van der Waals surface area contributed by atoms with Crippen molar-refractivity contribution < 1.29 is 4.79 Å². The van der Waals surface area contributed by atoms with Gasteiger partial charge in [-0.05, 0) is 47.7 Å². The zero-order valence-electron chi connectivity index (χ0n) is 10.4. The van der Waals surface area contributed by atoms with Gasteiger partial charge in [-0.1, -0.05) is 6.92 Å². The van der Waals surface area contributed by atoms with Gasteiger partial charge in [0.2, 0.25) is 0 Å². The highest BCUT2D eigenvalue weighted by atomic mass is 79.9. The molecule has 0 saturated heterocycles. The van der Waals surface area contributed by atoms with E-state index in [2.05, 4.69) is 27.8 Å². The van der Waals surface area contributed by atoms with Crippen molar-refractivity contribution in [2.75, 3.05) is 7.05 Å². The first kappa shape index (κ1) is 12.6. The molecule has 1 aromatic rings. The first-order chi connectivity index (χ1) is 7.99. The van der Waals surface area contributed by atoms with E-state index in [0.717, 1.165) is 28.9 Å². The maximum atomic E-state index is 12.3. The van der Waals surface area contributed by atoms with E-state index in [1.54, 1.807) is 6.20 Å². The first-order valence-corrected chi connectivity index (χ1v) is 6.67. The van der Waals surface area contributed by atoms with E-state index in [1.165, 1.54) is 0 Å². The van der Waals surface area contributed by atoms with Crippen LogP contribution in [-0.2, 0) is 0 Å². The molecule has 1 aromatic heterocycles. The predicted molar refractivity (Wildman–Crippen MR) is 71.0 cm³/mol. The Morgan fingerprint density at radius 3 is 2.76 bits per heavy atom. The van der Waals surface area contributed by atoms with Crippen molar-refractivity contribution >= 4 is 21.8 Å². The minimum absolute atomic E-state index is 0.0770. The number of rotatable bonds is 2. The average molecular weight is 297 g/mol. The van der Waals surface area contributed by atoms with E-state index < -0.39 is 0 Å². The smallest absolute Gasteiger partial charge is 0.255 e. The van der Waals surface area contributed by atoms with Gasteiger partial charge in [-0.3, -0.25) is 9.78 Å². The Bertz CT molecular complexity index is 441. The predicted octanol–water partition coefficient (Wildman–Crippen LogP) is 3.02. The first-order valence-electron chi connectivity index (χ1n) is 5.88. The van der Waals surface area contributed by atoms with Crippen LogP contribution in [0, 0.1) is 12.8 Å². The van der Waals surface area contributed by atoms with Crippen molar-refractivity contribution in [1.82, 2.24) is 9.88 Å². The molecule has 1 saturated carbocycles. The summed E-state index contributed by atoms with van der Waals surface area (Å²) in [5.74, 6) is 0.824. The van der Waals surface area contributed by atoms with Crippen LogP contribution in [0.2, 0.25) is 0 Å². The number of hydrogen-bond acceptors (Lipinski definition) is 2. The second-order valence-corrected chi connectivity index (χ2v) is 5.85. The molecule has 1 amide bonds. The summed E-state index contributed by atoms with van der Waals surface area (Å²) in [4.78, 5) is 18.4. The molecule has 0 atom stereocenters. The maximum Gasteiger partial charge on any atom is 0.255 e. The summed E-state index contributed by atoms with van der Waals surface area (Å²) in [5.41, 5.74) is 1.49. The number of carbonyl (C=O) groups excluding carboxylic acids is 1. The van der Waals surface area contributed by atoms with E-state index in [0.29, 0.717) is 11.6 Å². The molecule has 3 nitrogen and oxygen atoms in total. The van der Waals surface area contributed by atoms with Crippen LogP contribution in [0.3, 0.4) is 0 Å². The highest BCUT2D eigenvalue weighted by Crippen LogP contribution is 2.31. The zero-order valence-corrected chi connectivity index (χ0v) is 12.0. The van der Waals surface area contributed by atoms with Gasteiger partial charge in [-0.25, -0.2) is 0 Å². The van der Waals surface area contributed by atoms with E-state index in [1.807, 2.05) is 24.9 Å². The average Bonchev–Trinajstić information content (AvgIpc) is 2.26. The van der Waals surface area contributed by atoms with Crippen LogP contribution in [0.1, 0.15) is 35.8 Å².